The molecule has 0 bridgehead atoms. The maximum Gasteiger partial charge on any atom is 0.422 e. The van der Waals surface area contributed by atoms with Crippen LogP contribution >= 0.6 is 0 Å². The second kappa shape index (κ2) is 6.68. The molecule has 0 radical (unpaired) electrons. The molecule has 0 heterocycles. The van der Waals surface area contributed by atoms with Gasteiger partial charge in [0.2, 0.25) is 0 Å². The molecule has 0 spiro atoms. The van der Waals surface area contributed by atoms with Gasteiger partial charge >= 0.3 is 6.18 Å². The number of benzene rings is 1. The Bertz CT molecular complexity index is 415. The highest BCUT2D eigenvalue weighted by molar-refractivity contribution is 5.41. The molecule has 0 unspecified atom stereocenters. The van der Waals surface area contributed by atoms with Gasteiger partial charge in [0, 0.05) is 0 Å². The standard InChI is InChI=1S/C12H12F6O/c13-5-1-2-8-3-4-9(19-7-6-14)10(11(8)15)12(16,17)18/h3-4H,1-2,5-7H2. The van der Waals surface area contributed by atoms with Gasteiger partial charge in [0.05, 0.1) is 6.67 Å². The summed E-state index contributed by atoms with van der Waals surface area (Å²) in [6.07, 6.45) is -5.17. The van der Waals surface area contributed by atoms with E-state index in [0.717, 1.165) is 12.1 Å². The SMILES string of the molecule is FCCCc1ccc(OCCF)c(C(F)(F)F)c1F. The van der Waals surface area contributed by atoms with Crippen LogP contribution in [-0.4, -0.2) is 20.0 Å². The van der Waals surface area contributed by atoms with Crippen LogP contribution in [0.4, 0.5) is 26.3 Å². The van der Waals surface area contributed by atoms with Gasteiger partial charge in [0.1, 0.15) is 30.4 Å². The molecule has 0 saturated heterocycles. The van der Waals surface area contributed by atoms with Crippen molar-refractivity contribution < 1.29 is 31.1 Å². The molecule has 0 aliphatic heterocycles. The third-order valence-corrected chi connectivity index (χ3v) is 2.38. The molecule has 7 heteroatoms. The van der Waals surface area contributed by atoms with E-state index in [0.29, 0.717) is 0 Å². The van der Waals surface area contributed by atoms with E-state index in [4.69, 9.17) is 0 Å². The fraction of sp³-hybridized carbons (Fsp3) is 0.500. The van der Waals surface area contributed by atoms with Gasteiger partial charge in [0.15, 0.2) is 0 Å². The van der Waals surface area contributed by atoms with E-state index in [1.54, 1.807) is 0 Å². The van der Waals surface area contributed by atoms with Crippen molar-refractivity contribution in [2.75, 3.05) is 20.0 Å². The highest BCUT2D eigenvalue weighted by Gasteiger charge is 2.39. The predicted molar refractivity (Wildman–Crippen MR) is 57.2 cm³/mol. The van der Waals surface area contributed by atoms with E-state index in [2.05, 4.69) is 4.74 Å². The second-order valence-electron chi connectivity index (χ2n) is 3.74. The van der Waals surface area contributed by atoms with E-state index in [-0.39, 0.29) is 18.4 Å². The van der Waals surface area contributed by atoms with Gasteiger partial charge in [-0.1, -0.05) is 6.07 Å². The summed E-state index contributed by atoms with van der Waals surface area (Å²) in [7, 11) is 0. The van der Waals surface area contributed by atoms with Crippen molar-refractivity contribution in [2.24, 2.45) is 0 Å². The number of aryl methyl sites for hydroxylation is 1. The third-order valence-electron chi connectivity index (χ3n) is 2.38. The third kappa shape index (κ3) is 4.04. The molecule has 108 valence electrons. The first-order chi connectivity index (χ1) is 8.91. The Hall–Kier alpha value is -1.40. The molecule has 0 aliphatic carbocycles. The Balaban J connectivity index is 3.16. The summed E-state index contributed by atoms with van der Waals surface area (Å²) >= 11 is 0. The Morgan fingerprint density at radius 2 is 1.74 bits per heavy atom. The molecule has 0 amide bonds. The zero-order valence-corrected chi connectivity index (χ0v) is 9.87. The van der Waals surface area contributed by atoms with E-state index in [9.17, 15) is 26.3 Å². The van der Waals surface area contributed by atoms with E-state index >= 15 is 0 Å². The fourth-order valence-electron chi connectivity index (χ4n) is 1.58. The van der Waals surface area contributed by atoms with Gasteiger partial charge in [-0.3, -0.25) is 4.39 Å². The smallest absolute Gasteiger partial charge is 0.422 e. The molecule has 1 rings (SSSR count). The summed E-state index contributed by atoms with van der Waals surface area (Å²) in [6, 6.07) is 2.02. The van der Waals surface area contributed by atoms with Gasteiger partial charge in [-0.2, -0.15) is 13.2 Å². The first kappa shape index (κ1) is 15.7. The topological polar surface area (TPSA) is 9.23 Å². The zero-order valence-electron chi connectivity index (χ0n) is 9.87. The first-order valence-electron chi connectivity index (χ1n) is 5.55. The molecule has 0 atom stereocenters. The maximum absolute atomic E-state index is 13.8. The molecule has 0 saturated carbocycles. The van der Waals surface area contributed by atoms with Crippen molar-refractivity contribution in [2.45, 2.75) is 19.0 Å². The van der Waals surface area contributed by atoms with Crippen LogP contribution in [-0.2, 0) is 12.6 Å². The lowest BCUT2D eigenvalue weighted by atomic mass is 10.0. The average molecular weight is 286 g/mol. The van der Waals surface area contributed by atoms with Crippen LogP contribution in [0.3, 0.4) is 0 Å². The Kier molecular flexibility index (Phi) is 5.50. The summed E-state index contributed by atoms with van der Waals surface area (Å²) < 4.78 is 80.5. The minimum Gasteiger partial charge on any atom is -0.490 e. The minimum atomic E-state index is -4.96. The van der Waals surface area contributed by atoms with Gasteiger partial charge in [-0.05, 0) is 24.5 Å². The van der Waals surface area contributed by atoms with Gasteiger partial charge in [-0.15, -0.1) is 0 Å². The molecular weight excluding hydrogens is 274 g/mol. The summed E-state index contributed by atoms with van der Waals surface area (Å²) in [5.41, 5.74) is -1.81. The molecular formula is C12H12F6O. The van der Waals surface area contributed by atoms with Gasteiger partial charge in [-0.25, -0.2) is 8.78 Å². The number of halogens is 6. The molecule has 1 aromatic carbocycles. The largest absolute Gasteiger partial charge is 0.490 e. The molecule has 0 aliphatic rings. The molecule has 0 N–H and O–H groups in total. The lowest BCUT2D eigenvalue weighted by Crippen LogP contribution is -2.14. The van der Waals surface area contributed by atoms with Crippen molar-refractivity contribution in [1.82, 2.24) is 0 Å². The maximum atomic E-state index is 13.8. The number of rotatable bonds is 6. The predicted octanol–water partition coefficient (Wildman–Crippen LogP) is 4.09. The van der Waals surface area contributed by atoms with E-state index in [1.165, 1.54) is 0 Å². The van der Waals surface area contributed by atoms with Crippen molar-refractivity contribution in [3.63, 3.8) is 0 Å². The van der Waals surface area contributed by atoms with Crippen LogP contribution in [0.25, 0.3) is 0 Å². The van der Waals surface area contributed by atoms with Crippen LogP contribution in [0.1, 0.15) is 17.5 Å². The first-order valence-corrected chi connectivity index (χ1v) is 5.55. The lowest BCUT2D eigenvalue weighted by molar-refractivity contribution is -0.141. The van der Waals surface area contributed by atoms with Crippen molar-refractivity contribution >= 4 is 0 Å². The van der Waals surface area contributed by atoms with E-state index in [1.807, 2.05) is 0 Å². The normalized spacial score (nSPS) is 11.7. The van der Waals surface area contributed by atoms with Crippen LogP contribution in [0.5, 0.6) is 5.75 Å². The summed E-state index contributed by atoms with van der Waals surface area (Å²) in [6.45, 7) is -2.32. The fourth-order valence-corrected chi connectivity index (χ4v) is 1.58. The molecule has 19 heavy (non-hydrogen) atoms. The Labute approximate surface area is 106 Å². The van der Waals surface area contributed by atoms with E-state index < -0.39 is 43.3 Å². The van der Waals surface area contributed by atoms with Crippen molar-refractivity contribution in [3.8, 4) is 5.75 Å². The van der Waals surface area contributed by atoms with Crippen molar-refractivity contribution in [3.05, 3.63) is 29.1 Å². The Morgan fingerprint density at radius 1 is 1.05 bits per heavy atom. The number of hydrogen-bond acceptors (Lipinski definition) is 1. The van der Waals surface area contributed by atoms with Gasteiger partial charge < -0.3 is 4.74 Å². The van der Waals surface area contributed by atoms with Crippen LogP contribution < -0.4 is 4.74 Å². The van der Waals surface area contributed by atoms with Crippen LogP contribution in [0, 0.1) is 5.82 Å². The monoisotopic (exact) mass is 286 g/mol. The molecule has 0 fully saturated rings. The van der Waals surface area contributed by atoms with Crippen molar-refractivity contribution in [1.29, 1.82) is 0 Å². The highest BCUT2D eigenvalue weighted by Crippen LogP contribution is 2.39. The van der Waals surface area contributed by atoms with Gasteiger partial charge in [0.25, 0.3) is 0 Å². The van der Waals surface area contributed by atoms with Crippen LogP contribution in [0.15, 0.2) is 12.1 Å². The Morgan fingerprint density at radius 3 is 2.26 bits per heavy atom. The summed E-state index contributed by atoms with van der Waals surface area (Å²) in [5.74, 6) is -2.25. The molecule has 1 aromatic rings. The summed E-state index contributed by atoms with van der Waals surface area (Å²) in [4.78, 5) is 0. The quantitative estimate of drug-likeness (QED) is 0.715. The zero-order chi connectivity index (χ0) is 14.5. The highest BCUT2D eigenvalue weighted by atomic mass is 19.4. The second-order valence-corrected chi connectivity index (χ2v) is 3.74. The average Bonchev–Trinajstić information content (AvgIpc) is 2.33. The summed E-state index contributed by atoms with van der Waals surface area (Å²) in [5, 5.41) is 0. The molecule has 1 nitrogen and oxygen atoms in total. The number of alkyl halides is 5. The number of ether oxygens (including phenoxy) is 1. The molecule has 0 aromatic heterocycles. The number of hydrogen-bond donors (Lipinski definition) is 0. The van der Waals surface area contributed by atoms with Crippen LogP contribution in [0.2, 0.25) is 0 Å². The lowest BCUT2D eigenvalue weighted by Gasteiger charge is -2.16. The minimum absolute atomic E-state index is 0.0705.